The van der Waals surface area contributed by atoms with E-state index < -0.39 is 0 Å². The average Bonchev–Trinajstić information content (AvgIpc) is 3.11. The summed E-state index contributed by atoms with van der Waals surface area (Å²) in [6.45, 7) is 0. The lowest BCUT2D eigenvalue weighted by molar-refractivity contribution is 0.102. The topological polar surface area (TPSA) is 89.1 Å². The van der Waals surface area contributed by atoms with Crippen LogP contribution in [0, 0.1) is 3.57 Å². The number of methoxy groups -OCH3 is 2. The monoisotopic (exact) mass is 484 g/mol. The van der Waals surface area contributed by atoms with Crippen LogP contribution in [-0.2, 0) is 0 Å². The number of amides is 1. The lowest BCUT2D eigenvalue weighted by Gasteiger charge is -2.08. The summed E-state index contributed by atoms with van der Waals surface area (Å²) in [4.78, 5) is 16.7. The number of aromatic nitrogens is 3. The molecule has 0 radical (unpaired) electrons. The molecule has 134 valence electrons. The minimum Gasteiger partial charge on any atom is -0.497 e. The third kappa shape index (κ3) is 3.91. The van der Waals surface area contributed by atoms with Crippen molar-refractivity contribution in [3.8, 4) is 22.9 Å². The number of carbonyl (C=O) groups excluding carboxylic acids is 1. The predicted molar refractivity (Wildman–Crippen MR) is 107 cm³/mol. The Morgan fingerprint density at radius 1 is 1.19 bits per heavy atom. The summed E-state index contributed by atoms with van der Waals surface area (Å²) < 4.78 is 11.3. The molecule has 3 rings (SSSR count). The quantitative estimate of drug-likeness (QED) is 0.535. The number of nitrogens with one attached hydrogen (secondary N) is 2. The van der Waals surface area contributed by atoms with E-state index in [4.69, 9.17) is 21.1 Å². The van der Waals surface area contributed by atoms with Crippen molar-refractivity contribution in [3.05, 3.63) is 50.6 Å². The van der Waals surface area contributed by atoms with Crippen molar-refractivity contribution < 1.29 is 14.3 Å². The van der Waals surface area contributed by atoms with Crippen molar-refractivity contribution >= 4 is 46.0 Å². The zero-order valence-electron chi connectivity index (χ0n) is 13.8. The molecule has 9 heteroatoms. The molecule has 0 aliphatic heterocycles. The molecule has 0 aliphatic carbocycles. The van der Waals surface area contributed by atoms with E-state index in [0.29, 0.717) is 33.5 Å². The minimum atomic E-state index is -0.343. The molecule has 3 aromatic rings. The van der Waals surface area contributed by atoms with Crippen molar-refractivity contribution in [3.63, 3.8) is 0 Å². The van der Waals surface area contributed by atoms with E-state index in [1.807, 2.05) is 0 Å². The van der Waals surface area contributed by atoms with Crippen LogP contribution in [0.25, 0.3) is 11.4 Å². The van der Waals surface area contributed by atoms with Gasteiger partial charge < -0.3 is 9.47 Å². The highest BCUT2D eigenvalue weighted by atomic mass is 127. The molecule has 7 nitrogen and oxygen atoms in total. The molecular formula is C17H14ClIN4O3. The molecule has 0 unspecified atom stereocenters. The molecule has 0 spiro atoms. The number of nitrogens with zero attached hydrogens (tertiary/aromatic N) is 2. The van der Waals surface area contributed by atoms with Gasteiger partial charge in [0.2, 0.25) is 5.95 Å². The average molecular weight is 485 g/mol. The molecule has 0 aliphatic rings. The minimum absolute atomic E-state index is 0.152. The van der Waals surface area contributed by atoms with Gasteiger partial charge >= 0.3 is 0 Å². The predicted octanol–water partition coefficient (Wildman–Crippen LogP) is 4.00. The summed E-state index contributed by atoms with van der Waals surface area (Å²) in [5.74, 6) is 1.50. The number of hydrogen-bond acceptors (Lipinski definition) is 5. The standard InChI is InChI=1S/C17H14ClIN4O3/c1-25-10-4-5-11(14(8-10)26-2)15-20-17(23-22-15)21-16(24)12-7-9(18)3-6-13(12)19/h3-8H,1-2H3,(H2,20,21,22,23,24). The molecule has 1 heterocycles. The number of carbonyl (C=O) groups is 1. The Morgan fingerprint density at radius 2 is 2.00 bits per heavy atom. The summed E-state index contributed by atoms with van der Waals surface area (Å²) in [5.41, 5.74) is 1.14. The fourth-order valence-electron chi connectivity index (χ4n) is 2.27. The maximum absolute atomic E-state index is 12.4. The van der Waals surface area contributed by atoms with Crippen LogP contribution < -0.4 is 14.8 Å². The van der Waals surface area contributed by atoms with Crippen molar-refractivity contribution in [1.82, 2.24) is 15.2 Å². The Kier molecular flexibility index (Phi) is 5.62. The third-order valence-corrected chi connectivity index (χ3v) is 4.72. The molecule has 0 saturated carbocycles. The number of halogens is 2. The van der Waals surface area contributed by atoms with Crippen molar-refractivity contribution in [2.24, 2.45) is 0 Å². The highest BCUT2D eigenvalue weighted by Crippen LogP contribution is 2.31. The van der Waals surface area contributed by atoms with Gasteiger partial charge in [-0.15, -0.1) is 5.10 Å². The zero-order valence-corrected chi connectivity index (χ0v) is 16.8. The van der Waals surface area contributed by atoms with Gasteiger partial charge in [-0.1, -0.05) is 11.6 Å². The first-order chi connectivity index (χ1) is 12.5. The van der Waals surface area contributed by atoms with Gasteiger partial charge in [-0.05, 0) is 52.9 Å². The molecule has 0 bridgehead atoms. The fraction of sp³-hybridized carbons (Fsp3) is 0.118. The Hall–Kier alpha value is -2.33. The normalized spacial score (nSPS) is 10.5. The van der Waals surface area contributed by atoms with E-state index in [0.717, 1.165) is 3.57 Å². The number of aromatic amines is 1. The van der Waals surface area contributed by atoms with Crippen LogP contribution >= 0.6 is 34.2 Å². The van der Waals surface area contributed by atoms with E-state index in [1.54, 1.807) is 50.6 Å². The second-order valence-corrected chi connectivity index (χ2v) is 6.75. The second kappa shape index (κ2) is 7.92. The number of hydrogen-bond donors (Lipinski definition) is 2. The molecule has 26 heavy (non-hydrogen) atoms. The second-order valence-electron chi connectivity index (χ2n) is 5.15. The van der Waals surface area contributed by atoms with Gasteiger partial charge in [0.1, 0.15) is 11.5 Å². The van der Waals surface area contributed by atoms with Gasteiger partial charge in [0.05, 0.1) is 25.3 Å². The van der Waals surface area contributed by atoms with Crippen LogP contribution in [-0.4, -0.2) is 35.3 Å². The summed E-state index contributed by atoms with van der Waals surface area (Å²) in [5, 5.41) is 9.97. The van der Waals surface area contributed by atoms with Crippen molar-refractivity contribution in [2.75, 3.05) is 19.5 Å². The first kappa shape index (κ1) is 18.5. The maximum atomic E-state index is 12.4. The smallest absolute Gasteiger partial charge is 0.259 e. The lowest BCUT2D eigenvalue weighted by Crippen LogP contribution is -2.14. The van der Waals surface area contributed by atoms with Gasteiger partial charge in [0, 0.05) is 14.7 Å². The Labute approximate surface area is 168 Å². The van der Waals surface area contributed by atoms with Gasteiger partial charge in [-0.3, -0.25) is 15.2 Å². The number of rotatable bonds is 5. The molecule has 0 fully saturated rings. The third-order valence-electron chi connectivity index (χ3n) is 3.55. The zero-order chi connectivity index (χ0) is 18.7. The molecule has 2 aromatic carbocycles. The molecule has 0 atom stereocenters. The molecule has 0 saturated heterocycles. The molecule has 2 N–H and O–H groups in total. The number of ether oxygens (including phenoxy) is 2. The molecule has 1 amide bonds. The number of anilines is 1. The largest absolute Gasteiger partial charge is 0.497 e. The van der Waals surface area contributed by atoms with Crippen LogP contribution in [0.15, 0.2) is 36.4 Å². The van der Waals surface area contributed by atoms with Crippen LogP contribution in [0.5, 0.6) is 11.5 Å². The molecule has 1 aromatic heterocycles. The van der Waals surface area contributed by atoms with E-state index >= 15 is 0 Å². The maximum Gasteiger partial charge on any atom is 0.259 e. The summed E-state index contributed by atoms with van der Waals surface area (Å²) >= 11 is 8.03. The van der Waals surface area contributed by atoms with Crippen LogP contribution in [0.1, 0.15) is 10.4 Å². The lowest BCUT2D eigenvalue weighted by atomic mass is 10.2. The van der Waals surface area contributed by atoms with Gasteiger partial charge in [0.25, 0.3) is 5.91 Å². The summed E-state index contributed by atoms with van der Waals surface area (Å²) in [6.07, 6.45) is 0. The number of H-pyrrole nitrogens is 1. The van der Waals surface area contributed by atoms with Crippen LogP contribution in [0.3, 0.4) is 0 Å². The van der Waals surface area contributed by atoms with Crippen molar-refractivity contribution in [2.45, 2.75) is 0 Å². The fourth-order valence-corrected chi connectivity index (χ4v) is 3.03. The van der Waals surface area contributed by atoms with E-state index in [9.17, 15) is 4.79 Å². The Balaban J connectivity index is 1.84. The highest BCUT2D eigenvalue weighted by molar-refractivity contribution is 14.1. The number of benzene rings is 2. The Bertz CT molecular complexity index is 961. The van der Waals surface area contributed by atoms with Gasteiger partial charge in [-0.2, -0.15) is 4.98 Å². The summed E-state index contributed by atoms with van der Waals surface area (Å²) in [7, 11) is 3.13. The SMILES string of the molecule is COc1ccc(-c2nc(NC(=O)c3cc(Cl)ccc3I)n[nH]2)c(OC)c1. The van der Waals surface area contributed by atoms with Crippen molar-refractivity contribution in [1.29, 1.82) is 0 Å². The highest BCUT2D eigenvalue weighted by Gasteiger charge is 2.16. The van der Waals surface area contributed by atoms with Gasteiger partial charge in [0.15, 0.2) is 5.82 Å². The first-order valence-corrected chi connectivity index (χ1v) is 8.88. The summed E-state index contributed by atoms with van der Waals surface area (Å²) in [6, 6.07) is 10.4. The van der Waals surface area contributed by atoms with E-state index in [1.165, 1.54) is 0 Å². The van der Waals surface area contributed by atoms with Gasteiger partial charge in [-0.25, -0.2) is 0 Å². The van der Waals surface area contributed by atoms with E-state index in [2.05, 4.69) is 43.1 Å². The molecular weight excluding hydrogens is 471 g/mol. The van der Waals surface area contributed by atoms with Crippen LogP contribution in [0.2, 0.25) is 5.02 Å². The Morgan fingerprint density at radius 3 is 2.73 bits per heavy atom. The van der Waals surface area contributed by atoms with Crippen LogP contribution in [0.4, 0.5) is 5.95 Å². The first-order valence-electron chi connectivity index (χ1n) is 7.43. The van der Waals surface area contributed by atoms with E-state index in [-0.39, 0.29) is 11.9 Å².